The molecule has 1 aliphatic rings. The van der Waals surface area contributed by atoms with Gasteiger partial charge in [-0.05, 0) is 67.8 Å². The van der Waals surface area contributed by atoms with E-state index in [2.05, 4.69) is 15.3 Å². The zero-order chi connectivity index (χ0) is 21.9. The van der Waals surface area contributed by atoms with Crippen molar-refractivity contribution >= 4 is 17.4 Å². The fourth-order valence-electron chi connectivity index (χ4n) is 3.47. The number of rotatable bonds is 8. The largest absolute Gasteiger partial charge is 0.494 e. The molecule has 5 rings (SSSR count). The molecule has 3 heterocycles. The van der Waals surface area contributed by atoms with Crippen molar-refractivity contribution in [1.82, 2.24) is 24.9 Å². The van der Waals surface area contributed by atoms with Crippen LogP contribution in [0.15, 0.2) is 60.9 Å². The Hall–Kier alpha value is -3.94. The molecule has 0 spiro atoms. The summed E-state index contributed by atoms with van der Waals surface area (Å²) in [6, 6.07) is 15.4. The van der Waals surface area contributed by atoms with Gasteiger partial charge in [-0.1, -0.05) is 0 Å². The van der Waals surface area contributed by atoms with Crippen LogP contribution in [0.4, 0.5) is 5.82 Å². The van der Waals surface area contributed by atoms with Gasteiger partial charge in [0.2, 0.25) is 5.91 Å². The zero-order valence-corrected chi connectivity index (χ0v) is 17.6. The molecule has 1 saturated carbocycles. The van der Waals surface area contributed by atoms with Crippen LogP contribution < -0.4 is 15.8 Å². The molecule has 0 aliphatic heterocycles. The minimum Gasteiger partial charge on any atom is -0.494 e. The van der Waals surface area contributed by atoms with Crippen LogP contribution in [0.1, 0.15) is 19.3 Å². The average molecular weight is 428 g/mol. The first-order chi connectivity index (χ1) is 15.7. The summed E-state index contributed by atoms with van der Waals surface area (Å²) >= 11 is 0. The molecule has 0 saturated heterocycles. The van der Waals surface area contributed by atoms with E-state index in [0.717, 1.165) is 53.2 Å². The highest BCUT2D eigenvalue weighted by molar-refractivity contribution is 5.80. The van der Waals surface area contributed by atoms with Gasteiger partial charge in [-0.2, -0.15) is 5.10 Å². The van der Waals surface area contributed by atoms with Crippen molar-refractivity contribution in [1.29, 1.82) is 0 Å². The van der Waals surface area contributed by atoms with Gasteiger partial charge in [-0.15, -0.1) is 0 Å². The van der Waals surface area contributed by atoms with Crippen molar-refractivity contribution in [2.45, 2.75) is 19.3 Å². The quantitative estimate of drug-likeness (QED) is 0.417. The van der Waals surface area contributed by atoms with E-state index in [1.807, 2.05) is 47.0 Å². The molecule has 162 valence electrons. The zero-order valence-electron chi connectivity index (χ0n) is 17.6. The molecule has 0 unspecified atom stereocenters. The standard InChI is InChI=1S/C24H24N6O2/c25-22-10-6-18(14-27-22)21-15-28-23-11-9-20(29-30(21)23)16-4-7-19(8-5-16)32-13-1-12-26-24(31)17-2-3-17/h4-11,14-15,17H,1-3,12-13H2,(H2,25,27)(H,26,31). The monoisotopic (exact) mass is 428 g/mol. The van der Waals surface area contributed by atoms with Gasteiger partial charge in [0.05, 0.1) is 24.2 Å². The van der Waals surface area contributed by atoms with Crippen molar-refractivity contribution in [2.75, 3.05) is 18.9 Å². The lowest BCUT2D eigenvalue weighted by molar-refractivity contribution is -0.122. The Morgan fingerprint density at radius 3 is 2.59 bits per heavy atom. The van der Waals surface area contributed by atoms with Gasteiger partial charge in [0.15, 0.2) is 5.65 Å². The van der Waals surface area contributed by atoms with Gasteiger partial charge >= 0.3 is 0 Å². The molecule has 1 aromatic carbocycles. The van der Waals surface area contributed by atoms with Gasteiger partial charge in [0.1, 0.15) is 11.6 Å². The molecule has 1 amide bonds. The minimum absolute atomic E-state index is 0.174. The number of amides is 1. The number of benzene rings is 1. The molecular formula is C24H24N6O2. The third-order valence-electron chi connectivity index (χ3n) is 5.43. The first kappa shape index (κ1) is 20.0. The first-order valence-electron chi connectivity index (χ1n) is 10.7. The number of anilines is 1. The van der Waals surface area contributed by atoms with E-state index >= 15 is 0 Å². The highest BCUT2D eigenvalue weighted by Gasteiger charge is 2.28. The number of imidazole rings is 1. The Morgan fingerprint density at radius 1 is 1.03 bits per heavy atom. The topological polar surface area (TPSA) is 107 Å². The maximum atomic E-state index is 11.6. The second-order valence-electron chi connectivity index (χ2n) is 7.90. The van der Waals surface area contributed by atoms with Gasteiger partial charge in [-0.25, -0.2) is 14.5 Å². The highest BCUT2D eigenvalue weighted by atomic mass is 16.5. The molecule has 0 bridgehead atoms. The second-order valence-corrected chi connectivity index (χ2v) is 7.90. The Morgan fingerprint density at radius 2 is 1.84 bits per heavy atom. The van der Waals surface area contributed by atoms with E-state index in [-0.39, 0.29) is 11.8 Å². The van der Waals surface area contributed by atoms with Crippen molar-refractivity contribution in [3.63, 3.8) is 0 Å². The van der Waals surface area contributed by atoms with E-state index in [0.29, 0.717) is 19.0 Å². The number of nitrogens with zero attached hydrogens (tertiary/aromatic N) is 4. The average Bonchev–Trinajstić information content (AvgIpc) is 3.59. The SMILES string of the molecule is Nc1ccc(-c2cnc3ccc(-c4ccc(OCCCNC(=O)C5CC5)cc4)nn23)cn1. The van der Waals surface area contributed by atoms with Crippen molar-refractivity contribution in [2.24, 2.45) is 5.92 Å². The maximum Gasteiger partial charge on any atom is 0.223 e. The van der Waals surface area contributed by atoms with E-state index < -0.39 is 0 Å². The molecule has 32 heavy (non-hydrogen) atoms. The second kappa shape index (κ2) is 8.66. The maximum absolute atomic E-state index is 11.6. The predicted molar refractivity (Wildman–Crippen MR) is 122 cm³/mol. The summed E-state index contributed by atoms with van der Waals surface area (Å²) in [6.07, 6.45) is 6.33. The molecule has 1 fully saturated rings. The van der Waals surface area contributed by atoms with Crippen LogP contribution in [0.5, 0.6) is 5.75 Å². The Balaban J connectivity index is 1.24. The van der Waals surface area contributed by atoms with Gasteiger partial charge in [-0.3, -0.25) is 4.79 Å². The lowest BCUT2D eigenvalue weighted by Crippen LogP contribution is -2.26. The van der Waals surface area contributed by atoms with Crippen LogP contribution in [0.25, 0.3) is 28.2 Å². The smallest absolute Gasteiger partial charge is 0.223 e. The Labute approximate surface area is 185 Å². The third-order valence-corrected chi connectivity index (χ3v) is 5.43. The van der Waals surface area contributed by atoms with E-state index in [4.69, 9.17) is 15.6 Å². The summed E-state index contributed by atoms with van der Waals surface area (Å²) in [4.78, 5) is 20.2. The van der Waals surface area contributed by atoms with Crippen LogP contribution in [-0.4, -0.2) is 38.6 Å². The van der Waals surface area contributed by atoms with E-state index in [1.54, 1.807) is 18.5 Å². The fraction of sp³-hybridized carbons (Fsp3) is 0.250. The van der Waals surface area contributed by atoms with Gasteiger partial charge < -0.3 is 15.8 Å². The van der Waals surface area contributed by atoms with Gasteiger partial charge in [0, 0.05) is 29.8 Å². The summed E-state index contributed by atoms with van der Waals surface area (Å²) in [7, 11) is 0. The number of hydrogen-bond donors (Lipinski definition) is 2. The first-order valence-corrected chi connectivity index (χ1v) is 10.7. The molecule has 3 aromatic heterocycles. The minimum atomic E-state index is 0.174. The number of aromatic nitrogens is 4. The summed E-state index contributed by atoms with van der Waals surface area (Å²) in [5, 5.41) is 7.72. The number of pyridine rings is 1. The van der Waals surface area contributed by atoms with Crippen LogP contribution in [0, 0.1) is 5.92 Å². The molecule has 3 N–H and O–H groups in total. The lowest BCUT2D eigenvalue weighted by Gasteiger charge is -2.08. The summed E-state index contributed by atoms with van der Waals surface area (Å²) in [6.45, 7) is 1.21. The normalized spacial score (nSPS) is 13.2. The number of nitrogens with one attached hydrogen (secondary N) is 1. The van der Waals surface area contributed by atoms with Crippen LogP contribution in [-0.2, 0) is 4.79 Å². The van der Waals surface area contributed by atoms with Crippen molar-refractivity contribution < 1.29 is 9.53 Å². The number of nitrogen functional groups attached to an aromatic ring is 1. The Kier molecular flexibility index (Phi) is 5.41. The number of nitrogens with two attached hydrogens (primary N) is 1. The van der Waals surface area contributed by atoms with Crippen molar-refractivity contribution in [3.8, 4) is 28.3 Å². The van der Waals surface area contributed by atoms with Gasteiger partial charge in [0.25, 0.3) is 0 Å². The Bertz CT molecular complexity index is 1230. The number of carbonyl (C=O) groups excluding carboxylic acids is 1. The molecule has 8 nitrogen and oxygen atoms in total. The van der Waals surface area contributed by atoms with Crippen LogP contribution in [0.2, 0.25) is 0 Å². The van der Waals surface area contributed by atoms with Crippen LogP contribution in [0.3, 0.4) is 0 Å². The summed E-state index contributed by atoms with van der Waals surface area (Å²) in [5.74, 6) is 1.69. The number of hydrogen-bond acceptors (Lipinski definition) is 6. The molecule has 0 radical (unpaired) electrons. The number of carbonyl (C=O) groups is 1. The number of fused-ring (bicyclic) bond motifs is 1. The highest BCUT2D eigenvalue weighted by Crippen LogP contribution is 2.28. The molecule has 1 aliphatic carbocycles. The lowest BCUT2D eigenvalue weighted by atomic mass is 10.1. The van der Waals surface area contributed by atoms with Crippen molar-refractivity contribution in [3.05, 3.63) is 60.9 Å². The van der Waals surface area contributed by atoms with E-state index in [1.165, 1.54) is 0 Å². The predicted octanol–water partition coefficient (Wildman–Crippen LogP) is 3.34. The molecular weight excluding hydrogens is 404 g/mol. The van der Waals surface area contributed by atoms with E-state index in [9.17, 15) is 4.79 Å². The summed E-state index contributed by atoms with van der Waals surface area (Å²) < 4.78 is 7.60. The molecule has 4 aromatic rings. The fourth-order valence-corrected chi connectivity index (χ4v) is 3.47. The molecule has 8 heteroatoms. The number of ether oxygens (including phenoxy) is 1. The summed E-state index contributed by atoms with van der Waals surface area (Å²) in [5.41, 5.74) is 10.0. The molecule has 0 atom stereocenters. The third kappa shape index (κ3) is 4.39. The van der Waals surface area contributed by atoms with Crippen LogP contribution >= 0.6 is 0 Å².